The number of carbonyl (C=O) groups is 1. The Morgan fingerprint density at radius 2 is 1.71 bits per heavy atom. The maximum atomic E-state index is 13.4. The molecule has 0 atom stereocenters. The summed E-state index contributed by atoms with van der Waals surface area (Å²) < 4.78 is 9.13. The summed E-state index contributed by atoms with van der Waals surface area (Å²) in [6.45, 7) is 3.17. The quantitative estimate of drug-likeness (QED) is 0.384. The molecule has 0 aliphatic heterocycles. The number of methoxy groups -OCH3 is 1. The first-order valence-corrected chi connectivity index (χ1v) is 11.2. The highest BCUT2D eigenvalue weighted by Gasteiger charge is 2.20. The Morgan fingerprint density at radius 1 is 0.971 bits per heavy atom. The van der Waals surface area contributed by atoms with Crippen LogP contribution in [0.4, 0.5) is 0 Å². The minimum atomic E-state index is -0.206. The van der Waals surface area contributed by atoms with E-state index in [0.717, 1.165) is 40.4 Å². The summed E-state index contributed by atoms with van der Waals surface area (Å²) in [5.74, 6) is 1.36. The van der Waals surface area contributed by atoms with Gasteiger partial charge in [-0.1, -0.05) is 30.3 Å². The van der Waals surface area contributed by atoms with Crippen LogP contribution in [0.3, 0.4) is 0 Å². The van der Waals surface area contributed by atoms with Crippen LogP contribution in [-0.2, 0) is 13.1 Å². The van der Waals surface area contributed by atoms with Crippen molar-refractivity contribution in [1.82, 2.24) is 24.6 Å². The smallest absolute Gasteiger partial charge is 0.255 e. The number of ether oxygens (including phenoxy) is 1. The van der Waals surface area contributed by atoms with Gasteiger partial charge in [-0.15, -0.1) is 0 Å². The van der Waals surface area contributed by atoms with E-state index in [0.29, 0.717) is 17.8 Å². The average molecular weight is 452 g/mol. The Hall–Kier alpha value is -4.39. The van der Waals surface area contributed by atoms with Crippen molar-refractivity contribution >= 4 is 16.9 Å². The van der Waals surface area contributed by atoms with Crippen LogP contribution in [0.15, 0.2) is 85.1 Å². The van der Waals surface area contributed by atoms with Crippen LogP contribution in [0.5, 0.6) is 5.75 Å². The molecule has 0 radical (unpaired) electrons. The average Bonchev–Trinajstić information content (AvgIpc) is 3.50. The standard InChI is InChI=1S/C27H25N5O2/c1-3-31-24-12-8-7-11-23(24)29-25(31)17-28-27(33)22-18-32(20-9-5-4-6-10-20)30-26(22)19-13-15-21(34-2)16-14-19/h4-16,18H,3,17H2,1-2H3,(H,28,33). The molecule has 5 aromatic rings. The fourth-order valence-electron chi connectivity index (χ4n) is 4.08. The molecule has 0 bridgehead atoms. The van der Waals surface area contributed by atoms with Gasteiger partial charge in [0.2, 0.25) is 0 Å². The van der Waals surface area contributed by atoms with E-state index in [9.17, 15) is 4.79 Å². The topological polar surface area (TPSA) is 74.0 Å². The lowest BCUT2D eigenvalue weighted by Crippen LogP contribution is -2.25. The highest BCUT2D eigenvalue weighted by atomic mass is 16.5. The lowest BCUT2D eigenvalue weighted by atomic mass is 10.1. The molecule has 0 spiro atoms. The molecule has 0 aliphatic carbocycles. The zero-order valence-corrected chi connectivity index (χ0v) is 19.1. The van der Waals surface area contributed by atoms with Crippen molar-refractivity contribution in [3.8, 4) is 22.7 Å². The highest BCUT2D eigenvalue weighted by molar-refractivity contribution is 6.00. The van der Waals surface area contributed by atoms with E-state index in [1.807, 2.05) is 78.9 Å². The second-order valence-corrected chi connectivity index (χ2v) is 7.84. The van der Waals surface area contributed by atoms with E-state index >= 15 is 0 Å². The van der Waals surface area contributed by atoms with Crippen LogP contribution in [-0.4, -0.2) is 32.3 Å². The van der Waals surface area contributed by atoms with Crippen LogP contribution in [0.1, 0.15) is 23.1 Å². The summed E-state index contributed by atoms with van der Waals surface area (Å²) in [6.07, 6.45) is 1.77. The number of benzene rings is 3. The summed E-state index contributed by atoms with van der Waals surface area (Å²) in [7, 11) is 1.63. The van der Waals surface area contributed by atoms with Gasteiger partial charge in [0, 0.05) is 18.3 Å². The Labute approximate surface area is 197 Å². The normalized spacial score (nSPS) is 11.0. The number of fused-ring (bicyclic) bond motifs is 1. The summed E-state index contributed by atoms with van der Waals surface area (Å²) in [4.78, 5) is 18.1. The first kappa shape index (κ1) is 21.5. The molecule has 0 fully saturated rings. The molecule has 2 aromatic heterocycles. The number of nitrogens with zero attached hydrogens (tertiary/aromatic N) is 4. The van der Waals surface area contributed by atoms with E-state index in [1.54, 1.807) is 18.0 Å². The summed E-state index contributed by atoms with van der Waals surface area (Å²) in [6, 6.07) is 25.3. The lowest BCUT2D eigenvalue weighted by Gasteiger charge is -2.08. The van der Waals surface area contributed by atoms with Crippen LogP contribution < -0.4 is 10.1 Å². The van der Waals surface area contributed by atoms with E-state index in [1.165, 1.54) is 0 Å². The van der Waals surface area contributed by atoms with Crippen LogP contribution in [0, 0.1) is 0 Å². The minimum Gasteiger partial charge on any atom is -0.497 e. The molecule has 1 amide bonds. The van der Waals surface area contributed by atoms with Gasteiger partial charge in [-0.05, 0) is 55.5 Å². The number of amides is 1. The highest BCUT2D eigenvalue weighted by Crippen LogP contribution is 2.26. The summed E-state index contributed by atoms with van der Waals surface area (Å²) >= 11 is 0. The van der Waals surface area contributed by atoms with Gasteiger partial charge in [0.1, 0.15) is 17.3 Å². The van der Waals surface area contributed by atoms with Gasteiger partial charge in [0.15, 0.2) is 0 Å². The Kier molecular flexibility index (Phi) is 5.82. The molecule has 0 aliphatic rings. The van der Waals surface area contributed by atoms with Crippen LogP contribution in [0.2, 0.25) is 0 Å². The number of hydrogen-bond acceptors (Lipinski definition) is 4. The van der Waals surface area contributed by atoms with Crippen molar-refractivity contribution in [2.75, 3.05) is 7.11 Å². The van der Waals surface area contributed by atoms with Crippen molar-refractivity contribution in [2.45, 2.75) is 20.0 Å². The predicted octanol–water partition coefficient (Wildman–Crippen LogP) is 4.85. The third kappa shape index (κ3) is 4.03. The molecule has 0 saturated carbocycles. The van der Waals surface area contributed by atoms with E-state index < -0.39 is 0 Å². The van der Waals surface area contributed by atoms with Gasteiger partial charge in [-0.25, -0.2) is 9.67 Å². The third-order valence-electron chi connectivity index (χ3n) is 5.80. The van der Waals surface area contributed by atoms with E-state index in [-0.39, 0.29) is 5.91 Å². The molecule has 7 heteroatoms. The van der Waals surface area contributed by atoms with E-state index in [4.69, 9.17) is 14.8 Å². The zero-order valence-electron chi connectivity index (χ0n) is 19.1. The third-order valence-corrected chi connectivity index (χ3v) is 5.80. The molecule has 5 rings (SSSR count). The maximum Gasteiger partial charge on any atom is 0.255 e. The molecule has 0 unspecified atom stereocenters. The largest absolute Gasteiger partial charge is 0.497 e. The van der Waals surface area contributed by atoms with Gasteiger partial charge in [-0.3, -0.25) is 4.79 Å². The number of aryl methyl sites for hydroxylation is 1. The van der Waals surface area contributed by atoms with Crippen LogP contribution >= 0.6 is 0 Å². The molecule has 170 valence electrons. The number of nitrogens with one attached hydrogen (secondary N) is 1. The SMILES string of the molecule is CCn1c(CNC(=O)c2cn(-c3ccccc3)nc2-c2ccc(OC)cc2)nc2ccccc21. The van der Waals surface area contributed by atoms with Gasteiger partial charge in [-0.2, -0.15) is 5.10 Å². The number of hydrogen-bond donors (Lipinski definition) is 1. The number of para-hydroxylation sites is 3. The molecule has 7 nitrogen and oxygen atoms in total. The first-order valence-electron chi connectivity index (χ1n) is 11.2. The van der Waals surface area contributed by atoms with Gasteiger partial charge < -0.3 is 14.6 Å². The van der Waals surface area contributed by atoms with Gasteiger partial charge in [0.25, 0.3) is 5.91 Å². The fraction of sp³-hybridized carbons (Fsp3) is 0.148. The van der Waals surface area contributed by atoms with Crippen LogP contribution in [0.25, 0.3) is 28.0 Å². The Morgan fingerprint density at radius 3 is 2.44 bits per heavy atom. The molecule has 2 heterocycles. The van der Waals surface area contributed by atoms with E-state index in [2.05, 4.69) is 16.8 Å². The van der Waals surface area contributed by atoms with Gasteiger partial charge >= 0.3 is 0 Å². The number of carbonyl (C=O) groups excluding carboxylic acids is 1. The number of aromatic nitrogens is 4. The lowest BCUT2D eigenvalue weighted by molar-refractivity contribution is 0.0950. The summed E-state index contributed by atoms with van der Waals surface area (Å²) in [5, 5.41) is 7.79. The van der Waals surface area contributed by atoms with Gasteiger partial charge in [0.05, 0.1) is 35.9 Å². The maximum absolute atomic E-state index is 13.4. The molecule has 1 N–H and O–H groups in total. The summed E-state index contributed by atoms with van der Waals surface area (Å²) in [5.41, 5.74) is 4.79. The second kappa shape index (κ2) is 9.23. The Balaban J connectivity index is 1.48. The molecule has 34 heavy (non-hydrogen) atoms. The number of rotatable bonds is 7. The molecular weight excluding hydrogens is 426 g/mol. The second-order valence-electron chi connectivity index (χ2n) is 7.84. The fourth-order valence-corrected chi connectivity index (χ4v) is 4.08. The molecular formula is C27H25N5O2. The monoisotopic (exact) mass is 451 g/mol. The number of imidazole rings is 1. The Bertz CT molecular complexity index is 1440. The molecule has 3 aromatic carbocycles. The van der Waals surface area contributed by atoms with Crippen molar-refractivity contribution in [3.63, 3.8) is 0 Å². The van der Waals surface area contributed by atoms with Crippen molar-refractivity contribution in [1.29, 1.82) is 0 Å². The van der Waals surface area contributed by atoms with Crippen molar-refractivity contribution in [3.05, 3.63) is 96.4 Å². The zero-order chi connectivity index (χ0) is 23.5. The first-order chi connectivity index (χ1) is 16.7. The molecule has 0 saturated heterocycles. The van der Waals surface area contributed by atoms with Crippen molar-refractivity contribution in [2.24, 2.45) is 0 Å². The van der Waals surface area contributed by atoms with Crippen molar-refractivity contribution < 1.29 is 9.53 Å². The predicted molar refractivity (Wildman–Crippen MR) is 132 cm³/mol. The minimum absolute atomic E-state index is 0.206.